The Morgan fingerprint density at radius 3 is 3.05 bits per heavy atom. The van der Waals surface area contributed by atoms with E-state index in [1.807, 2.05) is 35.2 Å². The lowest BCUT2D eigenvalue weighted by Gasteiger charge is -2.29. The smallest absolute Gasteiger partial charge is 0.254 e. The van der Waals surface area contributed by atoms with Crippen LogP contribution in [0.15, 0.2) is 36.5 Å². The van der Waals surface area contributed by atoms with Crippen molar-refractivity contribution in [2.75, 3.05) is 13.1 Å². The normalized spacial score (nSPS) is 19.5. The molecule has 21 heavy (non-hydrogen) atoms. The maximum Gasteiger partial charge on any atom is 0.254 e. The van der Waals surface area contributed by atoms with E-state index >= 15 is 0 Å². The molecule has 0 radical (unpaired) electrons. The Morgan fingerprint density at radius 2 is 2.19 bits per heavy atom. The molecule has 1 saturated heterocycles. The number of rotatable bonds is 2. The average molecular weight is 283 g/mol. The van der Waals surface area contributed by atoms with E-state index in [4.69, 9.17) is 5.73 Å². The molecule has 1 atom stereocenters. The van der Waals surface area contributed by atoms with Gasteiger partial charge >= 0.3 is 0 Å². The van der Waals surface area contributed by atoms with E-state index in [2.05, 4.69) is 4.98 Å². The number of carbonyl (C=O) groups excluding carboxylic acids is 1. The Bertz CT molecular complexity index is 641. The lowest BCUT2D eigenvalue weighted by molar-refractivity contribution is 0.0689. The van der Waals surface area contributed by atoms with Crippen LogP contribution in [-0.2, 0) is 0 Å². The van der Waals surface area contributed by atoms with E-state index in [1.54, 1.807) is 6.20 Å². The molecule has 3 rings (SSSR count). The van der Waals surface area contributed by atoms with Crippen molar-refractivity contribution in [1.29, 1.82) is 0 Å². The fourth-order valence-corrected chi connectivity index (χ4v) is 3.06. The van der Waals surface area contributed by atoms with Crippen LogP contribution in [0, 0.1) is 0 Å². The van der Waals surface area contributed by atoms with Crippen LogP contribution in [0.25, 0.3) is 10.9 Å². The average Bonchev–Trinajstić information content (AvgIpc) is 2.79. The Kier molecular flexibility index (Phi) is 4.15. The summed E-state index contributed by atoms with van der Waals surface area (Å²) in [6, 6.07) is 9.77. The van der Waals surface area contributed by atoms with Crippen molar-refractivity contribution >= 4 is 16.8 Å². The highest BCUT2D eigenvalue weighted by Crippen LogP contribution is 2.20. The van der Waals surface area contributed by atoms with Gasteiger partial charge in [0.05, 0.1) is 5.52 Å². The van der Waals surface area contributed by atoms with Gasteiger partial charge in [0.25, 0.3) is 5.91 Å². The second kappa shape index (κ2) is 6.22. The van der Waals surface area contributed by atoms with Crippen molar-refractivity contribution in [3.8, 4) is 0 Å². The van der Waals surface area contributed by atoms with Gasteiger partial charge < -0.3 is 10.6 Å². The molecular formula is C17H21N3O. The number of hydrogen-bond acceptors (Lipinski definition) is 3. The van der Waals surface area contributed by atoms with Crippen molar-refractivity contribution in [3.05, 3.63) is 42.1 Å². The van der Waals surface area contributed by atoms with Crippen LogP contribution in [0.5, 0.6) is 0 Å². The quantitative estimate of drug-likeness (QED) is 0.921. The molecule has 2 N–H and O–H groups in total. The third-order valence-corrected chi connectivity index (χ3v) is 4.26. The Labute approximate surface area is 125 Å². The fraction of sp³-hybridized carbons (Fsp3) is 0.412. The largest absolute Gasteiger partial charge is 0.334 e. The highest BCUT2D eigenvalue weighted by molar-refractivity contribution is 5.98. The predicted molar refractivity (Wildman–Crippen MR) is 84.1 cm³/mol. The molecule has 0 spiro atoms. The van der Waals surface area contributed by atoms with Gasteiger partial charge in [0.2, 0.25) is 0 Å². The number of hydrogen-bond donors (Lipinski definition) is 1. The van der Waals surface area contributed by atoms with Gasteiger partial charge in [-0.1, -0.05) is 18.9 Å². The Balaban J connectivity index is 1.90. The molecular weight excluding hydrogens is 262 g/mol. The van der Waals surface area contributed by atoms with Gasteiger partial charge in [-0.15, -0.1) is 0 Å². The number of benzene rings is 1. The van der Waals surface area contributed by atoms with Gasteiger partial charge in [-0.2, -0.15) is 0 Å². The van der Waals surface area contributed by atoms with Gasteiger partial charge in [-0.05, 0) is 37.1 Å². The van der Waals surface area contributed by atoms with Gasteiger partial charge in [-0.25, -0.2) is 0 Å². The summed E-state index contributed by atoms with van der Waals surface area (Å²) in [6.45, 7) is 1.35. The third-order valence-electron chi connectivity index (χ3n) is 4.26. The van der Waals surface area contributed by atoms with Crippen molar-refractivity contribution < 1.29 is 4.79 Å². The number of aromatic nitrogens is 1. The van der Waals surface area contributed by atoms with Gasteiger partial charge in [0.15, 0.2) is 0 Å². The summed E-state index contributed by atoms with van der Waals surface area (Å²) in [5.41, 5.74) is 7.51. The first-order valence-electron chi connectivity index (χ1n) is 7.65. The van der Waals surface area contributed by atoms with Crippen molar-refractivity contribution in [1.82, 2.24) is 9.88 Å². The molecule has 4 heteroatoms. The number of amides is 1. The lowest BCUT2D eigenvalue weighted by atomic mass is 10.1. The van der Waals surface area contributed by atoms with Crippen LogP contribution < -0.4 is 5.73 Å². The highest BCUT2D eigenvalue weighted by atomic mass is 16.2. The van der Waals surface area contributed by atoms with Gasteiger partial charge in [0.1, 0.15) is 0 Å². The SMILES string of the molecule is NCC1CCCCCN1C(=O)c1ccc2ncccc2c1. The van der Waals surface area contributed by atoms with E-state index in [0.717, 1.165) is 42.3 Å². The number of fused-ring (bicyclic) bond motifs is 1. The van der Waals surface area contributed by atoms with Gasteiger partial charge in [-0.3, -0.25) is 9.78 Å². The molecule has 0 bridgehead atoms. The zero-order valence-electron chi connectivity index (χ0n) is 12.2. The first-order valence-corrected chi connectivity index (χ1v) is 7.65. The van der Waals surface area contributed by atoms with Crippen molar-refractivity contribution in [2.24, 2.45) is 5.73 Å². The second-order valence-corrected chi connectivity index (χ2v) is 5.65. The van der Waals surface area contributed by atoms with E-state index in [-0.39, 0.29) is 11.9 Å². The van der Waals surface area contributed by atoms with Crippen LogP contribution >= 0.6 is 0 Å². The summed E-state index contributed by atoms with van der Waals surface area (Å²) in [4.78, 5) is 19.1. The molecule has 4 nitrogen and oxygen atoms in total. The molecule has 1 amide bonds. The molecule has 0 aliphatic carbocycles. The summed E-state index contributed by atoms with van der Waals surface area (Å²) in [5, 5.41) is 1.00. The number of carbonyl (C=O) groups is 1. The van der Waals surface area contributed by atoms with Crippen LogP contribution in [0.1, 0.15) is 36.0 Å². The molecule has 1 aromatic carbocycles. The highest BCUT2D eigenvalue weighted by Gasteiger charge is 2.25. The minimum absolute atomic E-state index is 0.0955. The van der Waals surface area contributed by atoms with Crippen LogP contribution in [0.3, 0.4) is 0 Å². The first kappa shape index (κ1) is 14.0. The number of likely N-dealkylation sites (tertiary alicyclic amines) is 1. The summed E-state index contributed by atoms with van der Waals surface area (Å²) in [7, 11) is 0. The van der Waals surface area contributed by atoms with Crippen LogP contribution in [0.4, 0.5) is 0 Å². The van der Waals surface area contributed by atoms with E-state index in [1.165, 1.54) is 6.42 Å². The van der Waals surface area contributed by atoms with Crippen molar-refractivity contribution in [2.45, 2.75) is 31.7 Å². The maximum atomic E-state index is 12.8. The molecule has 110 valence electrons. The fourth-order valence-electron chi connectivity index (χ4n) is 3.06. The summed E-state index contributed by atoms with van der Waals surface area (Å²) >= 11 is 0. The molecule has 1 aliphatic rings. The second-order valence-electron chi connectivity index (χ2n) is 5.65. The van der Waals surface area contributed by atoms with Crippen molar-refractivity contribution in [3.63, 3.8) is 0 Å². The molecule has 2 heterocycles. The standard InChI is InChI=1S/C17H21N3O/c18-12-15-6-2-1-3-10-20(15)17(21)14-7-8-16-13(11-14)5-4-9-19-16/h4-5,7-9,11,15H,1-3,6,10,12,18H2. The van der Waals surface area contributed by atoms with Crippen LogP contribution in [-0.4, -0.2) is 34.9 Å². The molecule has 1 aliphatic heterocycles. The lowest BCUT2D eigenvalue weighted by Crippen LogP contribution is -2.44. The third kappa shape index (κ3) is 2.90. The predicted octanol–water partition coefficient (Wildman–Crippen LogP) is 2.58. The number of nitrogens with zero attached hydrogens (tertiary/aromatic N) is 2. The topological polar surface area (TPSA) is 59.2 Å². The summed E-state index contributed by atoms with van der Waals surface area (Å²) in [5.74, 6) is 0.0955. The zero-order chi connectivity index (χ0) is 14.7. The van der Waals surface area contributed by atoms with E-state index in [9.17, 15) is 4.79 Å². The molecule has 1 fully saturated rings. The van der Waals surface area contributed by atoms with E-state index < -0.39 is 0 Å². The Morgan fingerprint density at radius 1 is 1.29 bits per heavy atom. The monoisotopic (exact) mass is 283 g/mol. The number of nitrogens with two attached hydrogens (primary N) is 1. The summed E-state index contributed by atoms with van der Waals surface area (Å²) < 4.78 is 0. The zero-order valence-corrected chi connectivity index (χ0v) is 12.2. The molecule has 2 aromatic rings. The first-order chi connectivity index (χ1) is 10.3. The maximum absolute atomic E-state index is 12.8. The molecule has 0 saturated carbocycles. The van der Waals surface area contributed by atoms with E-state index in [0.29, 0.717) is 6.54 Å². The minimum atomic E-state index is 0.0955. The Hall–Kier alpha value is -1.94. The van der Waals surface area contributed by atoms with Crippen LogP contribution in [0.2, 0.25) is 0 Å². The minimum Gasteiger partial charge on any atom is -0.334 e. The van der Waals surface area contributed by atoms with Gasteiger partial charge in [0, 0.05) is 36.3 Å². The molecule has 1 unspecified atom stereocenters. The summed E-state index contributed by atoms with van der Waals surface area (Å²) in [6.07, 6.45) is 6.19. The molecule has 1 aromatic heterocycles. The number of pyridine rings is 1.